The number of anilines is 1. The van der Waals surface area contributed by atoms with E-state index >= 15 is 0 Å². The summed E-state index contributed by atoms with van der Waals surface area (Å²) in [5.74, 6) is -2.42. The van der Waals surface area contributed by atoms with Crippen molar-refractivity contribution >= 4 is 35.1 Å². The van der Waals surface area contributed by atoms with Crippen molar-refractivity contribution in [2.75, 3.05) is 4.90 Å². The molecule has 0 unspecified atom stereocenters. The number of benzene rings is 1. The molecule has 2 rings (SSSR count). The van der Waals surface area contributed by atoms with E-state index in [2.05, 4.69) is 0 Å². The fourth-order valence-electron chi connectivity index (χ4n) is 1.66. The molecule has 1 fully saturated rings. The normalized spacial score (nSPS) is 18.5. The Balaban J connectivity index is 2.55. The van der Waals surface area contributed by atoms with Crippen LogP contribution in [0.1, 0.15) is 13.8 Å². The second kappa shape index (κ2) is 4.31. The van der Waals surface area contributed by atoms with Gasteiger partial charge in [0.25, 0.3) is 0 Å². The first kappa shape index (κ1) is 13.5. The summed E-state index contributed by atoms with van der Waals surface area (Å²) in [5, 5.41) is 1.80. The summed E-state index contributed by atoms with van der Waals surface area (Å²) >= 11 is 5.62. The molecule has 1 N–H and O–H groups in total. The van der Waals surface area contributed by atoms with Crippen LogP contribution in [0.2, 0.25) is 5.02 Å². The fourth-order valence-corrected chi connectivity index (χ4v) is 1.83. The van der Waals surface area contributed by atoms with Crippen LogP contribution in [0.5, 0.6) is 0 Å². The van der Waals surface area contributed by atoms with Crippen molar-refractivity contribution < 1.29 is 18.8 Å². The standard InChI is InChI=1S/C12H10ClFN2O3/c1-12(2)9(17)15-11(19)16(10(12)18)7-5-3-4-6(13)8(7)14/h3-5H,1-2H3,(H,15,17,19). The zero-order chi connectivity index (χ0) is 14.4. The Morgan fingerprint density at radius 1 is 1.26 bits per heavy atom. The van der Waals surface area contributed by atoms with Crippen LogP contribution < -0.4 is 10.2 Å². The molecule has 1 aliphatic heterocycles. The number of nitrogens with zero attached hydrogens (tertiary/aromatic N) is 1. The number of amides is 4. The minimum Gasteiger partial charge on any atom is -0.276 e. The van der Waals surface area contributed by atoms with Crippen molar-refractivity contribution in [1.29, 1.82) is 0 Å². The minimum atomic E-state index is -1.46. The maximum atomic E-state index is 13.9. The number of carbonyl (C=O) groups excluding carboxylic acids is 3. The lowest BCUT2D eigenvalue weighted by Gasteiger charge is -2.34. The zero-order valence-corrected chi connectivity index (χ0v) is 10.9. The Labute approximate surface area is 113 Å². The van der Waals surface area contributed by atoms with E-state index in [1.54, 1.807) is 0 Å². The summed E-state index contributed by atoms with van der Waals surface area (Å²) < 4.78 is 13.9. The minimum absolute atomic E-state index is 0.215. The van der Waals surface area contributed by atoms with Crippen molar-refractivity contribution in [3.05, 3.63) is 29.0 Å². The summed E-state index contributed by atoms with van der Waals surface area (Å²) in [6.07, 6.45) is 0. The summed E-state index contributed by atoms with van der Waals surface area (Å²) in [7, 11) is 0. The predicted molar refractivity (Wildman–Crippen MR) is 66.2 cm³/mol. The number of rotatable bonds is 1. The molecule has 0 bridgehead atoms. The van der Waals surface area contributed by atoms with Crippen LogP contribution in [0.3, 0.4) is 0 Å². The summed E-state index contributed by atoms with van der Waals surface area (Å²) in [4.78, 5) is 36.0. The molecule has 0 saturated carbocycles. The van der Waals surface area contributed by atoms with Crippen LogP contribution in [0.25, 0.3) is 0 Å². The van der Waals surface area contributed by atoms with Gasteiger partial charge < -0.3 is 0 Å². The van der Waals surface area contributed by atoms with Crippen molar-refractivity contribution in [2.24, 2.45) is 5.41 Å². The molecule has 1 aromatic carbocycles. The highest BCUT2D eigenvalue weighted by Gasteiger charge is 2.48. The first-order valence-corrected chi connectivity index (χ1v) is 5.78. The maximum absolute atomic E-state index is 13.9. The molecule has 4 amide bonds. The molecular formula is C12H10ClFN2O3. The third-order valence-electron chi connectivity index (χ3n) is 2.90. The molecule has 0 spiro atoms. The van der Waals surface area contributed by atoms with Gasteiger partial charge in [0.15, 0.2) is 5.82 Å². The van der Waals surface area contributed by atoms with Gasteiger partial charge in [0.1, 0.15) is 5.41 Å². The molecule has 100 valence electrons. The van der Waals surface area contributed by atoms with Gasteiger partial charge in [0.2, 0.25) is 11.8 Å². The van der Waals surface area contributed by atoms with Gasteiger partial charge in [0, 0.05) is 0 Å². The van der Waals surface area contributed by atoms with E-state index in [1.165, 1.54) is 32.0 Å². The van der Waals surface area contributed by atoms with Gasteiger partial charge in [-0.05, 0) is 26.0 Å². The van der Waals surface area contributed by atoms with Crippen LogP contribution in [0.4, 0.5) is 14.9 Å². The van der Waals surface area contributed by atoms with Gasteiger partial charge in [-0.25, -0.2) is 14.1 Å². The van der Waals surface area contributed by atoms with E-state index in [-0.39, 0.29) is 10.7 Å². The largest absolute Gasteiger partial charge is 0.335 e. The third-order valence-corrected chi connectivity index (χ3v) is 3.19. The fraction of sp³-hybridized carbons (Fsp3) is 0.250. The molecule has 0 atom stereocenters. The van der Waals surface area contributed by atoms with Crippen LogP contribution in [-0.2, 0) is 9.59 Å². The molecule has 5 nitrogen and oxygen atoms in total. The van der Waals surface area contributed by atoms with Gasteiger partial charge in [-0.3, -0.25) is 14.9 Å². The molecule has 7 heteroatoms. The van der Waals surface area contributed by atoms with Crippen molar-refractivity contribution in [1.82, 2.24) is 5.32 Å². The van der Waals surface area contributed by atoms with Crippen molar-refractivity contribution in [3.63, 3.8) is 0 Å². The molecule has 1 heterocycles. The van der Waals surface area contributed by atoms with Crippen LogP contribution in [-0.4, -0.2) is 17.8 Å². The maximum Gasteiger partial charge on any atom is 0.335 e. The number of barbiturate groups is 1. The lowest BCUT2D eigenvalue weighted by Crippen LogP contribution is -2.62. The zero-order valence-electron chi connectivity index (χ0n) is 10.2. The SMILES string of the molecule is CC1(C)C(=O)NC(=O)N(c2cccc(Cl)c2F)C1=O. The number of imide groups is 2. The Kier molecular flexibility index (Phi) is 3.06. The van der Waals surface area contributed by atoms with Gasteiger partial charge in [-0.15, -0.1) is 0 Å². The number of hydrogen-bond acceptors (Lipinski definition) is 3. The molecule has 0 aromatic heterocycles. The third kappa shape index (κ3) is 1.98. The monoisotopic (exact) mass is 284 g/mol. The number of hydrogen-bond donors (Lipinski definition) is 1. The second-order valence-corrected chi connectivity index (χ2v) is 5.00. The quantitative estimate of drug-likeness (QED) is 0.803. The van der Waals surface area contributed by atoms with E-state index in [4.69, 9.17) is 11.6 Å². The van der Waals surface area contributed by atoms with Gasteiger partial charge in [-0.1, -0.05) is 17.7 Å². The predicted octanol–water partition coefficient (Wildman–Crippen LogP) is 2.09. The average molecular weight is 285 g/mol. The molecule has 0 aliphatic carbocycles. The number of carbonyl (C=O) groups is 3. The van der Waals surface area contributed by atoms with Crippen LogP contribution in [0.15, 0.2) is 18.2 Å². The Morgan fingerprint density at radius 3 is 2.53 bits per heavy atom. The first-order valence-electron chi connectivity index (χ1n) is 5.41. The molecule has 1 aromatic rings. The van der Waals surface area contributed by atoms with E-state index < -0.39 is 29.1 Å². The highest BCUT2D eigenvalue weighted by atomic mass is 35.5. The molecule has 0 radical (unpaired) electrons. The highest BCUT2D eigenvalue weighted by Crippen LogP contribution is 2.31. The highest BCUT2D eigenvalue weighted by molar-refractivity contribution is 6.32. The van der Waals surface area contributed by atoms with Crippen molar-refractivity contribution in [2.45, 2.75) is 13.8 Å². The Hall–Kier alpha value is -1.95. The summed E-state index contributed by atoms with van der Waals surface area (Å²) in [6, 6.07) is 2.95. The Morgan fingerprint density at radius 2 is 1.89 bits per heavy atom. The lowest BCUT2D eigenvalue weighted by atomic mass is 9.88. The number of nitrogens with one attached hydrogen (secondary N) is 1. The van der Waals surface area contributed by atoms with Gasteiger partial charge >= 0.3 is 6.03 Å². The molecular weight excluding hydrogens is 275 g/mol. The van der Waals surface area contributed by atoms with E-state index in [0.717, 1.165) is 0 Å². The first-order chi connectivity index (χ1) is 8.76. The number of urea groups is 1. The Bertz CT molecular complexity index is 601. The van der Waals surface area contributed by atoms with E-state index in [1.807, 2.05) is 5.32 Å². The van der Waals surface area contributed by atoms with Gasteiger partial charge in [-0.2, -0.15) is 0 Å². The average Bonchev–Trinajstić information content (AvgIpc) is 2.33. The smallest absolute Gasteiger partial charge is 0.276 e. The van der Waals surface area contributed by atoms with Gasteiger partial charge in [0.05, 0.1) is 10.7 Å². The molecule has 1 aliphatic rings. The second-order valence-electron chi connectivity index (χ2n) is 4.60. The van der Waals surface area contributed by atoms with E-state index in [9.17, 15) is 18.8 Å². The summed E-state index contributed by atoms with van der Waals surface area (Å²) in [5.41, 5.74) is -1.74. The topological polar surface area (TPSA) is 66.5 Å². The number of halogens is 2. The van der Waals surface area contributed by atoms with E-state index in [0.29, 0.717) is 4.90 Å². The van der Waals surface area contributed by atoms with Crippen LogP contribution in [0, 0.1) is 11.2 Å². The molecule has 1 saturated heterocycles. The molecule has 19 heavy (non-hydrogen) atoms. The van der Waals surface area contributed by atoms with Crippen molar-refractivity contribution in [3.8, 4) is 0 Å². The summed E-state index contributed by atoms with van der Waals surface area (Å²) in [6.45, 7) is 2.71. The van der Waals surface area contributed by atoms with Crippen LogP contribution >= 0.6 is 11.6 Å². The lowest BCUT2D eigenvalue weighted by molar-refractivity contribution is -0.140.